The van der Waals surface area contributed by atoms with Gasteiger partial charge in [-0.05, 0) is 50.9 Å². The maximum atomic E-state index is 8.72. The Labute approximate surface area is 135 Å². The lowest BCUT2D eigenvalue weighted by Gasteiger charge is -2.11. The smallest absolute Gasteiger partial charge is 0.537 e. The third kappa shape index (κ3) is 2.45. The molecule has 4 rings (SSSR count). The molecule has 0 unspecified atom stereocenters. The summed E-state index contributed by atoms with van der Waals surface area (Å²) in [7, 11) is 0.695. The van der Waals surface area contributed by atoms with Crippen LogP contribution in [0, 0.1) is 0 Å². The summed E-state index contributed by atoms with van der Waals surface area (Å²) >= 11 is 0. The van der Waals surface area contributed by atoms with E-state index in [0.717, 1.165) is 5.56 Å². The van der Waals surface area contributed by atoms with Gasteiger partial charge >= 0.3 is 7.69 Å². The minimum Gasteiger partial charge on any atom is -0.537 e. The fourth-order valence-corrected chi connectivity index (χ4v) is 3.07. The first-order valence-corrected chi connectivity index (χ1v) is 7.50. The lowest BCUT2D eigenvalue weighted by atomic mass is 9.93. The number of hydrogen-bond donors (Lipinski definition) is 1. The molecule has 0 aromatic heterocycles. The van der Waals surface area contributed by atoms with Crippen LogP contribution < -0.4 is 4.65 Å². The molecule has 0 amide bonds. The predicted octanol–water partition coefficient (Wildman–Crippen LogP) is 4.57. The maximum Gasteiger partial charge on any atom is 0.569 e. The van der Waals surface area contributed by atoms with Crippen LogP contribution in [0.15, 0.2) is 78.9 Å². The molecule has 2 nitrogen and oxygen atoms in total. The molecule has 1 radical (unpaired) electrons. The van der Waals surface area contributed by atoms with Crippen molar-refractivity contribution in [1.82, 2.24) is 0 Å². The van der Waals surface area contributed by atoms with Gasteiger partial charge in [-0.2, -0.15) is 0 Å². The minimum atomic E-state index is 0.612. The number of rotatable bonds is 3. The van der Waals surface area contributed by atoms with Crippen LogP contribution in [-0.4, -0.2) is 12.7 Å². The van der Waals surface area contributed by atoms with E-state index in [1.165, 1.54) is 27.1 Å². The first-order valence-electron chi connectivity index (χ1n) is 7.50. The van der Waals surface area contributed by atoms with E-state index in [4.69, 9.17) is 9.68 Å². The molecule has 23 heavy (non-hydrogen) atoms. The summed E-state index contributed by atoms with van der Waals surface area (Å²) in [6.07, 6.45) is 0. The van der Waals surface area contributed by atoms with Crippen LogP contribution in [0.3, 0.4) is 0 Å². The Hall–Kier alpha value is -2.78. The van der Waals surface area contributed by atoms with E-state index in [0.29, 0.717) is 13.4 Å². The maximum absolute atomic E-state index is 8.72. The highest BCUT2D eigenvalue weighted by Gasteiger charge is 2.08. The van der Waals surface area contributed by atoms with Crippen LogP contribution in [0.1, 0.15) is 0 Å². The molecule has 3 heteroatoms. The van der Waals surface area contributed by atoms with Gasteiger partial charge in [0.15, 0.2) is 0 Å². The van der Waals surface area contributed by atoms with Crippen molar-refractivity contribution in [1.29, 1.82) is 0 Å². The molecule has 4 aromatic carbocycles. The third-order valence-corrected chi connectivity index (χ3v) is 4.12. The lowest BCUT2D eigenvalue weighted by molar-refractivity contribution is 0.454. The van der Waals surface area contributed by atoms with Crippen molar-refractivity contribution >= 4 is 29.2 Å². The zero-order valence-electron chi connectivity index (χ0n) is 12.4. The number of benzene rings is 4. The van der Waals surface area contributed by atoms with Crippen LogP contribution in [-0.2, 0) is 0 Å². The fourth-order valence-electron chi connectivity index (χ4n) is 3.07. The monoisotopic (exact) mass is 297 g/mol. The molecule has 0 bridgehead atoms. The molecule has 0 heterocycles. The molecule has 109 valence electrons. The van der Waals surface area contributed by atoms with Gasteiger partial charge in [0.25, 0.3) is 0 Å². The van der Waals surface area contributed by atoms with Crippen molar-refractivity contribution in [2.75, 3.05) is 0 Å². The van der Waals surface area contributed by atoms with Crippen LogP contribution in [0.4, 0.5) is 0 Å². The van der Waals surface area contributed by atoms with Gasteiger partial charge in [0.1, 0.15) is 5.75 Å². The van der Waals surface area contributed by atoms with Gasteiger partial charge in [-0.1, -0.05) is 60.7 Å². The Balaban J connectivity index is 1.97. The summed E-state index contributed by atoms with van der Waals surface area (Å²) in [5, 5.41) is 13.7. The van der Waals surface area contributed by atoms with Crippen LogP contribution >= 0.6 is 0 Å². The molecule has 0 aliphatic rings. The number of fused-ring (bicyclic) bond motifs is 3. The number of hydrogen-bond acceptors (Lipinski definition) is 2. The zero-order chi connectivity index (χ0) is 15.6. The minimum absolute atomic E-state index is 0.612. The first kappa shape index (κ1) is 13.9. The molecule has 0 saturated carbocycles. The summed E-state index contributed by atoms with van der Waals surface area (Å²) in [6.45, 7) is 0. The Morgan fingerprint density at radius 1 is 0.696 bits per heavy atom. The summed E-state index contributed by atoms with van der Waals surface area (Å²) in [4.78, 5) is 0. The summed E-state index contributed by atoms with van der Waals surface area (Å²) in [6, 6.07) is 26.9. The SMILES string of the molecule is O[B]Oc1ccc(-c2cc3ccccc3c3ccccc23)cc1. The van der Waals surface area contributed by atoms with Crippen LogP contribution in [0.5, 0.6) is 5.75 Å². The second kappa shape index (κ2) is 5.78. The summed E-state index contributed by atoms with van der Waals surface area (Å²) < 4.78 is 4.98. The molecule has 1 N–H and O–H groups in total. The van der Waals surface area contributed by atoms with Crippen LogP contribution in [0.25, 0.3) is 32.7 Å². The van der Waals surface area contributed by atoms with Gasteiger partial charge in [-0.15, -0.1) is 0 Å². The van der Waals surface area contributed by atoms with Crippen molar-refractivity contribution < 1.29 is 9.68 Å². The molecular weight excluding hydrogens is 283 g/mol. The first-order chi connectivity index (χ1) is 11.4. The van der Waals surface area contributed by atoms with Crippen molar-refractivity contribution in [2.45, 2.75) is 0 Å². The van der Waals surface area contributed by atoms with Gasteiger partial charge in [0.05, 0.1) is 0 Å². The molecule has 0 spiro atoms. The average Bonchev–Trinajstić information content (AvgIpc) is 2.62. The van der Waals surface area contributed by atoms with E-state index in [1.54, 1.807) is 0 Å². The van der Waals surface area contributed by atoms with Gasteiger partial charge in [0, 0.05) is 0 Å². The largest absolute Gasteiger partial charge is 0.569 e. The molecule has 4 aromatic rings. The van der Waals surface area contributed by atoms with E-state index in [1.807, 2.05) is 24.3 Å². The van der Waals surface area contributed by atoms with Crippen molar-refractivity contribution in [3.05, 3.63) is 78.9 Å². The lowest BCUT2D eigenvalue weighted by Crippen LogP contribution is -1.99. The van der Waals surface area contributed by atoms with Gasteiger partial charge in [-0.3, -0.25) is 0 Å². The van der Waals surface area contributed by atoms with Crippen molar-refractivity contribution in [3.8, 4) is 16.9 Å². The van der Waals surface area contributed by atoms with E-state index < -0.39 is 0 Å². The highest BCUT2D eigenvalue weighted by Crippen LogP contribution is 2.35. The Morgan fingerprint density at radius 2 is 1.35 bits per heavy atom. The molecular formula is C20H14BO2. The summed E-state index contributed by atoms with van der Waals surface area (Å²) in [5.41, 5.74) is 2.32. The molecule has 0 aliphatic heterocycles. The Morgan fingerprint density at radius 3 is 2.09 bits per heavy atom. The molecule has 0 atom stereocenters. The summed E-state index contributed by atoms with van der Waals surface area (Å²) in [5.74, 6) is 0.612. The normalized spacial score (nSPS) is 10.8. The quantitative estimate of drug-likeness (QED) is 0.443. The molecule has 0 saturated heterocycles. The van der Waals surface area contributed by atoms with Crippen molar-refractivity contribution in [3.63, 3.8) is 0 Å². The highest BCUT2D eigenvalue weighted by atomic mass is 16.5. The second-order valence-electron chi connectivity index (χ2n) is 5.44. The van der Waals surface area contributed by atoms with E-state index in [-0.39, 0.29) is 0 Å². The van der Waals surface area contributed by atoms with Crippen LogP contribution in [0.2, 0.25) is 0 Å². The zero-order valence-corrected chi connectivity index (χ0v) is 12.4. The Kier molecular flexibility index (Phi) is 3.49. The van der Waals surface area contributed by atoms with E-state index in [2.05, 4.69) is 54.6 Å². The fraction of sp³-hybridized carbons (Fsp3) is 0. The topological polar surface area (TPSA) is 29.5 Å². The highest BCUT2D eigenvalue weighted by molar-refractivity contribution is 6.17. The van der Waals surface area contributed by atoms with Gasteiger partial charge in [-0.25, -0.2) is 0 Å². The molecule has 0 fully saturated rings. The Bertz CT molecular complexity index is 978. The average molecular weight is 297 g/mol. The standard InChI is InChI=1S/C20H14BO2/c22-21-23-16-11-9-14(10-12-16)20-13-15-5-1-2-6-17(15)18-7-3-4-8-19(18)20/h1-13,22H. The second-order valence-corrected chi connectivity index (χ2v) is 5.44. The van der Waals surface area contributed by atoms with Gasteiger partial charge < -0.3 is 9.68 Å². The van der Waals surface area contributed by atoms with Gasteiger partial charge in [0.2, 0.25) is 0 Å². The molecule has 0 aliphatic carbocycles. The van der Waals surface area contributed by atoms with E-state index in [9.17, 15) is 0 Å². The predicted molar refractivity (Wildman–Crippen MR) is 95.5 cm³/mol. The van der Waals surface area contributed by atoms with Crippen molar-refractivity contribution in [2.24, 2.45) is 0 Å². The third-order valence-electron chi connectivity index (χ3n) is 4.12. The van der Waals surface area contributed by atoms with E-state index >= 15 is 0 Å².